The molecule has 0 aliphatic heterocycles. The standard InChI is InChI=1S/C14H16.C13H12/c1-4-5-6-7-13(3)14-10-8-12(2)9-11-14;1-11-7-9-13(10-8-11)12-5-3-2-4-6-12/h4-11H,3H2,1-2H3;2-10H,1H3/b5-4-,7-6-;. The first-order chi connectivity index (χ1) is 13.1. The van der Waals surface area contributed by atoms with Gasteiger partial charge in [-0.2, -0.15) is 0 Å². The Morgan fingerprint density at radius 3 is 1.74 bits per heavy atom. The van der Waals surface area contributed by atoms with Gasteiger partial charge in [0.15, 0.2) is 0 Å². The van der Waals surface area contributed by atoms with Crippen molar-refractivity contribution in [2.24, 2.45) is 0 Å². The van der Waals surface area contributed by atoms with Crippen molar-refractivity contribution in [3.05, 3.63) is 126 Å². The molecule has 0 nitrogen and oxygen atoms in total. The van der Waals surface area contributed by atoms with Gasteiger partial charge in [0.05, 0.1) is 0 Å². The molecule has 0 aromatic heterocycles. The third-order valence-electron chi connectivity index (χ3n) is 4.18. The molecule has 0 unspecified atom stereocenters. The molecule has 0 radical (unpaired) electrons. The number of benzene rings is 3. The van der Waals surface area contributed by atoms with Gasteiger partial charge in [-0.15, -0.1) is 0 Å². The zero-order chi connectivity index (χ0) is 19.5. The van der Waals surface area contributed by atoms with Gasteiger partial charge in [-0.25, -0.2) is 0 Å². The minimum Gasteiger partial charge on any atom is -0.0912 e. The molecule has 0 saturated carbocycles. The molecule has 0 N–H and O–H groups in total. The van der Waals surface area contributed by atoms with E-state index in [4.69, 9.17) is 0 Å². The lowest BCUT2D eigenvalue weighted by molar-refractivity contribution is 1.46. The molecule has 0 atom stereocenters. The maximum absolute atomic E-state index is 4.01. The van der Waals surface area contributed by atoms with Crippen molar-refractivity contribution in [3.8, 4) is 11.1 Å². The highest BCUT2D eigenvalue weighted by atomic mass is 14.0. The molecular weight excluding hydrogens is 324 g/mol. The van der Waals surface area contributed by atoms with Crippen LogP contribution in [0.2, 0.25) is 0 Å². The van der Waals surface area contributed by atoms with Gasteiger partial charge in [0.25, 0.3) is 0 Å². The third kappa shape index (κ3) is 6.95. The summed E-state index contributed by atoms with van der Waals surface area (Å²) in [4.78, 5) is 0. The van der Waals surface area contributed by atoms with Crippen LogP contribution in [-0.2, 0) is 0 Å². The number of allylic oxidation sites excluding steroid dienone is 5. The molecule has 0 heteroatoms. The minimum absolute atomic E-state index is 1.04. The number of hydrogen-bond donors (Lipinski definition) is 0. The molecule has 0 heterocycles. The quantitative estimate of drug-likeness (QED) is 0.420. The van der Waals surface area contributed by atoms with Crippen LogP contribution in [0.3, 0.4) is 0 Å². The lowest BCUT2D eigenvalue weighted by atomic mass is 10.0. The van der Waals surface area contributed by atoms with E-state index < -0.39 is 0 Å². The van der Waals surface area contributed by atoms with Crippen LogP contribution in [-0.4, -0.2) is 0 Å². The predicted molar refractivity (Wildman–Crippen MR) is 121 cm³/mol. The second-order valence-corrected chi connectivity index (χ2v) is 6.51. The van der Waals surface area contributed by atoms with Crippen LogP contribution in [0, 0.1) is 13.8 Å². The Bertz CT molecular complexity index is 877. The summed E-state index contributed by atoms with van der Waals surface area (Å²) in [7, 11) is 0. The molecule has 0 aliphatic carbocycles. The summed E-state index contributed by atoms with van der Waals surface area (Å²) in [6.07, 6.45) is 8.02. The minimum atomic E-state index is 1.04. The van der Waals surface area contributed by atoms with Gasteiger partial charge in [-0.1, -0.05) is 121 Å². The third-order valence-corrected chi connectivity index (χ3v) is 4.18. The van der Waals surface area contributed by atoms with Gasteiger partial charge in [0, 0.05) is 0 Å². The first kappa shape index (κ1) is 20.2. The Kier molecular flexibility index (Phi) is 8.06. The molecule has 0 amide bonds. The van der Waals surface area contributed by atoms with E-state index >= 15 is 0 Å². The highest BCUT2D eigenvalue weighted by Gasteiger charge is 1.94. The number of rotatable bonds is 4. The van der Waals surface area contributed by atoms with E-state index in [1.165, 1.54) is 27.8 Å². The predicted octanol–water partition coefficient (Wildman–Crippen LogP) is 7.80. The lowest BCUT2D eigenvalue weighted by Crippen LogP contribution is -1.78. The molecule has 0 aliphatic rings. The second kappa shape index (κ2) is 10.8. The summed E-state index contributed by atoms with van der Waals surface area (Å²) in [5.41, 5.74) is 7.37. The summed E-state index contributed by atoms with van der Waals surface area (Å²) in [6.45, 7) is 10.2. The molecule has 27 heavy (non-hydrogen) atoms. The lowest BCUT2D eigenvalue weighted by Gasteiger charge is -2.00. The molecular formula is C27H28. The Morgan fingerprint density at radius 1 is 0.667 bits per heavy atom. The summed E-state index contributed by atoms with van der Waals surface area (Å²) in [5.74, 6) is 0. The average molecular weight is 353 g/mol. The van der Waals surface area contributed by atoms with Gasteiger partial charge in [0.1, 0.15) is 0 Å². The maximum Gasteiger partial charge on any atom is -0.0184 e. The Hall–Kier alpha value is -3.12. The van der Waals surface area contributed by atoms with Crippen molar-refractivity contribution in [3.63, 3.8) is 0 Å². The van der Waals surface area contributed by atoms with Gasteiger partial charge in [-0.05, 0) is 43.0 Å². The topological polar surface area (TPSA) is 0 Å². The van der Waals surface area contributed by atoms with Crippen molar-refractivity contribution in [2.75, 3.05) is 0 Å². The Labute approximate surface area is 164 Å². The zero-order valence-electron chi connectivity index (χ0n) is 16.5. The van der Waals surface area contributed by atoms with Crippen molar-refractivity contribution < 1.29 is 0 Å². The van der Waals surface area contributed by atoms with Gasteiger partial charge in [-0.3, -0.25) is 0 Å². The average Bonchev–Trinajstić information content (AvgIpc) is 2.70. The summed E-state index contributed by atoms with van der Waals surface area (Å²) in [5, 5.41) is 0. The molecule has 0 fully saturated rings. The molecule has 3 rings (SSSR count). The number of hydrogen-bond acceptors (Lipinski definition) is 0. The van der Waals surface area contributed by atoms with E-state index in [2.05, 4.69) is 93.2 Å². The summed E-state index contributed by atoms with van der Waals surface area (Å²) in [6, 6.07) is 27.4. The van der Waals surface area contributed by atoms with Gasteiger partial charge >= 0.3 is 0 Å². The fourth-order valence-electron chi connectivity index (χ4n) is 2.52. The Balaban J connectivity index is 0.000000194. The van der Waals surface area contributed by atoms with Crippen LogP contribution in [0.15, 0.2) is 110 Å². The van der Waals surface area contributed by atoms with Crippen LogP contribution < -0.4 is 0 Å². The number of aryl methyl sites for hydroxylation is 2. The largest absolute Gasteiger partial charge is 0.0912 e. The Morgan fingerprint density at radius 2 is 1.19 bits per heavy atom. The fourth-order valence-corrected chi connectivity index (χ4v) is 2.52. The van der Waals surface area contributed by atoms with Crippen molar-refractivity contribution >= 4 is 5.57 Å². The molecule has 0 bridgehead atoms. The van der Waals surface area contributed by atoms with Crippen LogP contribution >= 0.6 is 0 Å². The normalized spacial score (nSPS) is 10.6. The van der Waals surface area contributed by atoms with Crippen molar-refractivity contribution in [2.45, 2.75) is 20.8 Å². The summed E-state index contributed by atoms with van der Waals surface area (Å²) < 4.78 is 0. The van der Waals surface area contributed by atoms with Crippen LogP contribution in [0.5, 0.6) is 0 Å². The fraction of sp³-hybridized carbons (Fsp3) is 0.111. The van der Waals surface area contributed by atoms with E-state index in [0.717, 1.165) is 5.57 Å². The van der Waals surface area contributed by atoms with Crippen LogP contribution in [0.25, 0.3) is 16.7 Å². The van der Waals surface area contributed by atoms with Gasteiger partial charge < -0.3 is 0 Å². The molecule has 0 spiro atoms. The smallest absolute Gasteiger partial charge is 0.0184 e. The van der Waals surface area contributed by atoms with Gasteiger partial charge in [0.2, 0.25) is 0 Å². The monoisotopic (exact) mass is 352 g/mol. The molecule has 0 saturated heterocycles. The van der Waals surface area contributed by atoms with E-state index in [1.54, 1.807) is 0 Å². The highest BCUT2D eigenvalue weighted by Crippen LogP contribution is 2.18. The first-order valence-corrected chi connectivity index (χ1v) is 9.27. The molecule has 3 aromatic carbocycles. The first-order valence-electron chi connectivity index (χ1n) is 9.27. The second-order valence-electron chi connectivity index (χ2n) is 6.51. The van der Waals surface area contributed by atoms with E-state index in [-0.39, 0.29) is 0 Å². The van der Waals surface area contributed by atoms with Crippen LogP contribution in [0.4, 0.5) is 0 Å². The summed E-state index contributed by atoms with van der Waals surface area (Å²) >= 11 is 0. The molecule has 3 aromatic rings. The van der Waals surface area contributed by atoms with E-state index in [1.807, 2.05) is 37.3 Å². The van der Waals surface area contributed by atoms with Crippen molar-refractivity contribution in [1.82, 2.24) is 0 Å². The van der Waals surface area contributed by atoms with E-state index in [0.29, 0.717) is 0 Å². The van der Waals surface area contributed by atoms with Crippen molar-refractivity contribution in [1.29, 1.82) is 0 Å². The van der Waals surface area contributed by atoms with E-state index in [9.17, 15) is 0 Å². The SMILES string of the molecule is C=C(/C=C\C=C/C)c1ccc(C)cc1.Cc1ccc(-c2ccccc2)cc1. The maximum atomic E-state index is 4.01. The van der Waals surface area contributed by atoms with Crippen LogP contribution in [0.1, 0.15) is 23.6 Å². The zero-order valence-corrected chi connectivity index (χ0v) is 16.5. The molecule has 136 valence electrons. The highest BCUT2D eigenvalue weighted by molar-refractivity contribution is 5.72.